The number of morpholine rings is 1. The van der Waals surface area contributed by atoms with Gasteiger partial charge in [-0.05, 0) is 61.8 Å². The molecule has 3 aromatic rings. The molecule has 1 aliphatic heterocycles. The first-order chi connectivity index (χ1) is 19.8. The van der Waals surface area contributed by atoms with Crippen molar-refractivity contribution in [3.8, 4) is 6.07 Å². The summed E-state index contributed by atoms with van der Waals surface area (Å²) in [5.74, 6) is 0.474. The van der Waals surface area contributed by atoms with E-state index in [1.54, 1.807) is 10.6 Å². The number of aromatic nitrogens is 3. The summed E-state index contributed by atoms with van der Waals surface area (Å²) in [4.78, 5) is 58.3. The van der Waals surface area contributed by atoms with Crippen molar-refractivity contribution in [1.29, 1.82) is 5.26 Å². The van der Waals surface area contributed by atoms with Crippen LogP contribution in [0.5, 0.6) is 0 Å². The first-order valence-electron chi connectivity index (χ1n) is 13.6. The fraction of sp³-hybridized carbons (Fsp3) is 0.429. The number of fused-ring (bicyclic) bond motifs is 1. The Kier molecular flexibility index (Phi) is 7.23. The van der Waals surface area contributed by atoms with E-state index in [-0.39, 0.29) is 47.3 Å². The first-order valence-corrected chi connectivity index (χ1v) is 14.0. The Morgan fingerprint density at radius 3 is 2.49 bits per heavy atom. The molecule has 1 aromatic carbocycles. The monoisotopic (exact) mass is 577 g/mol. The number of carbonyl (C=O) groups excluding carboxylic acids is 2. The molecule has 0 radical (unpaired) electrons. The Balaban J connectivity index is 1.18. The number of rotatable bonds is 7. The highest BCUT2D eigenvalue weighted by atomic mass is 35.5. The van der Waals surface area contributed by atoms with Gasteiger partial charge < -0.3 is 15.0 Å². The summed E-state index contributed by atoms with van der Waals surface area (Å²) in [6.07, 6.45) is 4.65. The Bertz CT molecular complexity index is 1700. The molecule has 1 atom stereocenters. The van der Waals surface area contributed by atoms with Gasteiger partial charge in [-0.15, -0.1) is 0 Å². The van der Waals surface area contributed by atoms with Crippen LogP contribution in [0.1, 0.15) is 31.2 Å². The summed E-state index contributed by atoms with van der Waals surface area (Å²) >= 11 is 6.05. The van der Waals surface area contributed by atoms with Crippen LogP contribution in [0, 0.1) is 23.2 Å². The predicted molar refractivity (Wildman–Crippen MR) is 151 cm³/mol. The first kappa shape index (κ1) is 27.0. The quantitative estimate of drug-likeness (QED) is 0.438. The van der Waals surface area contributed by atoms with Crippen LogP contribution in [-0.2, 0) is 22.6 Å². The number of hydrogen-bond donors (Lipinski definition) is 2. The largest absolute Gasteiger partial charge is 0.365 e. The summed E-state index contributed by atoms with van der Waals surface area (Å²) in [6.45, 7) is 1.32. The second-order valence-corrected chi connectivity index (χ2v) is 11.2. The normalized spacial score (nSPS) is 18.6. The Morgan fingerprint density at radius 1 is 1.07 bits per heavy atom. The van der Waals surface area contributed by atoms with Gasteiger partial charge in [0.1, 0.15) is 11.9 Å². The number of hydrogen-bond acceptors (Lipinski definition) is 7. The van der Waals surface area contributed by atoms with Gasteiger partial charge in [-0.2, -0.15) is 5.26 Å². The van der Waals surface area contributed by atoms with Crippen LogP contribution in [0.2, 0.25) is 5.02 Å². The second-order valence-electron chi connectivity index (χ2n) is 10.8. The summed E-state index contributed by atoms with van der Waals surface area (Å²) in [5.41, 5.74) is 0.463. The van der Waals surface area contributed by atoms with Crippen molar-refractivity contribution in [2.45, 2.75) is 44.9 Å². The number of amides is 3. The number of nitriles is 1. The molecule has 3 amide bonds. The van der Waals surface area contributed by atoms with Crippen molar-refractivity contribution in [3.63, 3.8) is 0 Å². The van der Waals surface area contributed by atoms with Gasteiger partial charge in [0, 0.05) is 25.3 Å². The number of halogens is 1. The topological polar surface area (TPSA) is 151 Å². The number of anilines is 2. The fourth-order valence-corrected chi connectivity index (χ4v) is 5.15. The molecule has 212 valence electrons. The van der Waals surface area contributed by atoms with Gasteiger partial charge in [-0.1, -0.05) is 11.6 Å². The van der Waals surface area contributed by atoms with Crippen LogP contribution in [0.25, 0.3) is 10.9 Å². The van der Waals surface area contributed by atoms with Crippen LogP contribution in [0.15, 0.2) is 40.1 Å². The molecule has 3 fully saturated rings. The third-order valence-electron chi connectivity index (χ3n) is 7.62. The molecule has 1 saturated heterocycles. The molecular formula is C28H28ClN7O5. The number of nitrogens with one attached hydrogen (secondary N) is 2. The lowest BCUT2D eigenvalue weighted by Gasteiger charge is -2.32. The second kappa shape index (κ2) is 11.0. The van der Waals surface area contributed by atoms with Gasteiger partial charge in [0.05, 0.1) is 40.8 Å². The Labute approximate surface area is 239 Å². The maximum Gasteiger partial charge on any atom is 0.331 e. The van der Waals surface area contributed by atoms with Crippen molar-refractivity contribution < 1.29 is 14.3 Å². The molecule has 12 nitrogen and oxygen atoms in total. The van der Waals surface area contributed by atoms with E-state index < -0.39 is 18.0 Å². The van der Waals surface area contributed by atoms with Crippen LogP contribution in [-0.4, -0.2) is 56.8 Å². The van der Waals surface area contributed by atoms with E-state index in [4.69, 9.17) is 21.6 Å². The third kappa shape index (κ3) is 5.82. The number of benzene rings is 1. The molecule has 13 heteroatoms. The van der Waals surface area contributed by atoms with E-state index in [2.05, 4.69) is 15.6 Å². The molecule has 3 aliphatic rings. The summed E-state index contributed by atoms with van der Waals surface area (Å²) < 4.78 is 8.55. The van der Waals surface area contributed by atoms with E-state index in [0.717, 1.165) is 25.7 Å². The van der Waals surface area contributed by atoms with Gasteiger partial charge >= 0.3 is 11.7 Å². The van der Waals surface area contributed by atoms with E-state index >= 15 is 0 Å². The molecule has 0 spiro atoms. The molecule has 2 aromatic heterocycles. The molecule has 3 heterocycles. The van der Waals surface area contributed by atoms with E-state index in [1.165, 1.54) is 33.9 Å². The van der Waals surface area contributed by atoms with Crippen LogP contribution in [0.4, 0.5) is 16.3 Å². The number of ether oxygens (including phenoxy) is 1. The SMILES string of the molecule is N#Cc1ccc(NC(=O)C2CN(C(=O)Nc3cc4c(=O)n(CC5CC5)c(=O)n(CC5CC5)c4cn3)CCO2)cc1Cl. The Hall–Kier alpha value is -4.21. The summed E-state index contributed by atoms with van der Waals surface area (Å²) in [5, 5.41) is 15.0. The molecule has 6 rings (SSSR count). The average Bonchev–Trinajstić information content (AvgIpc) is 3.90. The highest BCUT2D eigenvalue weighted by molar-refractivity contribution is 6.32. The minimum Gasteiger partial charge on any atom is -0.365 e. The summed E-state index contributed by atoms with van der Waals surface area (Å²) in [6, 6.07) is 7.51. The van der Waals surface area contributed by atoms with Crippen molar-refractivity contribution in [2.24, 2.45) is 11.8 Å². The van der Waals surface area contributed by atoms with E-state index in [0.29, 0.717) is 41.5 Å². The minimum atomic E-state index is -0.931. The van der Waals surface area contributed by atoms with Gasteiger partial charge in [0.2, 0.25) is 0 Å². The lowest BCUT2D eigenvalue weighted by molar-refractivity contribution is -0.131. The zero-order chi connectivity index (χ0) is 28.7. The molecule has 2 saturated carbocycles. The number of carbonyl (C=O) groups is 2. The standard InChI is InChI=1S/C28H28ClN7O5/c29-21-9-19(6-5-18(21)11-30)32-25(37)23-15-34(7-8-41-23)27(39)33-24-10-20-22(12-31-24)35(13-16-1-2-16)28(40)36(26(20)38)14-17-3-4-17/h5-6,9-10,12,16-17,23H,1-4,7-8,13-15H2,(H,32,37)(H,31,33,39). The molecule has 0 bridgehead atoms. The maximum atomic E-state index is 13.3. The van der Waals surface area contributed by atoms with Crippen LogP contribution < -0.4 is 21.9 Å². The number of urea groups is 1. The highest BCUT2D eigenvalue weighted by Gasteiger charge is 2.31. The third-order valence-corrected chi connectivity index (χ3v) is 7.94. The smallest absolute Gasteiger partial charge is 0.331 e. The van der Waals surface area contributed by atoms with Crippen molar-refractivity contribution in [1.82, 2.24) is 19.0 Å². The summed E-state index contributed by atoms with van der Waals surface area (Å²) in [7, 11) is 0. The van der Waals surface area contributed by atoms with Gasteiger partial charge in [-0.3, -0.25) is 24.0 Å². The maximum absolute atomic E-state index is 13.3. The average molecular weight is 578 g/mol. The molecule has 2 aliphatic carbocycles. The number of nitrogens with zero attached hydrogens (tertiary/aromatic N) is 5. The van der Waals surface area contributed by atoms with E-state index in [9.17, 15) is 19.2 Å². The van der Waals surface area contributed by atoms with Crippen LogP contribution in [0.3, 0.4) is 0 Å². The predicted octanol–water partition coefficient (Wildman–Crippen LogP) is 2.77. The molecular weight excluding hydrogens is 550 g/mol. The van der Waals surface area contributed by atoms with Gasteiger partial charge in [0.25, 0.3) is 11.5 Å². The van der Waals surface area contributed by atoms with Gasteiger partial charge in [0.15, 0.2) is 6.10 Å². The molecule has 41 heavy (non-hydrogen) atoms. The van der Waals surface area contributed by atoms with Crippen molar-refractivity contribution in [3.05, 3.63) is 61.9 Å². The van der Waals surface area contributed by atoms with Crippen molar-refractivity contribution >= 4 is 45.9 Å². The van der Waals surface area contributed by atoms with Crippen molar-refractivity contribution in [2.75, 3.05) is 30.3 Å². The minimum absolute atomic E-state index is 0.00954. The zero-order valence-electron chi connectivity index (χ0n) is 22.1. The lowest BCUT2D eigenvalue weighted by Crippen LogP contribution is -2.51. The zero-order valence-corrected chi connectivity index (χ0v) is 22.9. The lowest BCUT2D eigenvalue weighted by atomic mass is 10.2. The van der Waals surface area contributed by atoms with Gasteiger partial charge in [-0.25, -0.2) is 14.6 Å². The fourth-order valence-electron chi connectivity index (χ4n) is 4.93. The van der Waals surface area contributed by atoms with E-state index in [1.807, 2.05) is 6.07 Å². The molecule has 2 N–H and O–H groups in total. The Morgan fingerprint density at radius 2 is 1.80 bits per heavy atom. The molecule has 1 unspecified atom stereocenters. The van der Waals surface area contributed by atoms with Crippen LogP contribution >= 0.6 is 11.6 Å². The highest BCUT2D eigenvalue weighted by Crippen LogP contribution is 2.32. The number of pyridine rings is 1.